The fourth-order valence-electron chi connectivity index (χ4n) is 2.04. The minimum absolute atomic E-state index is 0. The summed E-state index contributed by atoms with van der Waals surface area (Å²) in [5, 5.41) is 12.5. The molecule has 1 aromatic heterocycles. The minimum atomic E-state index is 0. The summed E-state index contributed by atoms with van der Waals surface area (Å²) in [6.07, 6.45) is 9.63. The molecule has 1 aromatic rings. The molecule has 0 unspecified atom stereocenters. The smallest absolute Gasteiger partial charge is 0.115 e. The van der Waals surface area contributed by atoms with Crippen LogP contribution in [0.25, 0.3) is 0 Å². The zero-order valence-electron chi connectivity index (χ0n) is 9.22. The minimum Gasteiger partial charge on any atom is -0.396 e. The van der Waals surface area contributed by atoms with Gasteiger partial charge in [-0.25, -0.2) is 9.97 Å². The van der Waals surface area contributed by atoms with Crippen LogP contribution in [0, 0.1) is 0 Å². The summed E-state index contributed by atoms with van der Waals surface area (Å²) in [7, 11) is 0. The molecule has 1 heterocycles. The number of aliphatic hydroxyl groups excluding tert-OH is 1. The SMILES string of the molecule is Cl.OCCC1(NCc2cncnc2)CCC1. The van der Waals surface area contributed by atoms with Crippen LogP contribution >= 0.6 is 12.4 Å². The third kappa shape index (κ3) is 3.14. The van der Waals surface area contributed by atoms with E-state index in [0.29, 0.717) is 0 Å². The largest absolute Gasteiger partial charge is 0.396 e. The zero-order valence-corrected chi connectivity index (χ0v) is 10.0. The van der Waals surface area contributed by atoms with Gasteiger partial charge < -0.3 is 10.4 Å². The molecule has 0 amide bonds. The van der Waals surface area contributed by atoms with Gasteiger partial charge in [-0.2, -0.15) is 0 Å². The lowest BCUT2D eigenvalue weighted by atomic mass is 9.74. The summed E-state index contributed by atoms with van der Waals surface area (Å²) in [4.78, 5) is 7.95. The molecule has 1 saturated carbocycles. The Labute approximate surface area is 102 Å². The summed E-state index contributed by atoms with van der Waals surface area (Å²) < 4.78 is 0. The van der Waals surface area contributed by atoms with E-state index in [2.05, 4.69) is 15.3 Å². The van der Waals surface area contributed by atoms with Crippen LogP contribution in [-0.4, -0.2) is 27.2 Å². The summed E-state index contributed by atoms with van der Waals surface area (Å²) in [5.74, 6) is 0. The van der Waals surface area contributed by atoms with E-state index in [9.17, 15) is 0 Å². The number of nitrogens with one attached hydrogen (secondary N) is 1. The molecule has 16 heavy (non-hydrogen) atoms. The molecule has 5 heteroatoms. The molecule has 1 fully saturated rings. The maximum atomic E-state index is 9.00. The predicted octanol–water partition coefficient (Wildman–Crippen LogP) is 1.29. The van der Waals surface area contributed by atoms with Crippen LogP contribution in [0.3, 0.4) is 0 Å². The van der Waals surface area contributed by atoms with Crippen LogP contribution in [0.1, 0.15) is 31.2 Å². The predicted molar refractivity (Wildman–Crippen MR) is 64.4 cm³/mol. The van der Waals surface area contributed by atoms with Crippen LogP contribution in [0.15, 0.2) is 18.7 Å². The molecule has 0 atom stereocenters. The standard InChI is InChI=1S/C11H17N3O.ClH/c15-5-4-11(2-1-3-11)14-8-10-6-12-9-13-7-10;/h6-7,9,14-15H,1-5,8H2;1H. The van der Waals surface area contributed by atoms with Crippen LogP contribution in [0.2, 0.25) is 0 Å². The Morgan fingerprint density at radius 1 is 1.31 bits per heavy atom. The number of hydrogen-bond acceptors (Lipinski definition) is 4. The highest BCUT2D eigenvalue weighted by molar-refractivity contribution is 5.85. The molecule has 2 rings (SSSR count). The second kappa shape index (κ2) is 6.13. The highest BCUT2D eigenvalue weighted by Crippen LogP contribution is 2.34. The Balaban J connectivity index is 0.00000128. The number of aliphatic hydroxyl groups is 1. The molecule has 0 bridgehead atoms. The molecule has 4 nitrogen and oxygen atoms in total. The topological polar surface area (TPSA) is 58.0 Å². The van der Waals surface area contributed by atoms with Gasteiger partial charge in [0.2, 0.25) is 0 Å². The van der Waals surface area contributed by atoms with Gasteiger partial charge in [0.25, 0.3) is 0 Å². The summed E-state index contributed by atoms with van der Waals surface area (Å²) in [6, 6.07) is 0. The molecular weight excluding hydrogens is 226 g/mol. The normalized spacial score (nSPS) is 17.3. The lowest BCUT2D eigenvalue weighted by Gasteiger charge is -2.42. The number of aromatic nitrogens is 2. The third-order valence-corrected chi connectivity index (χ3v) is 3.18. The van der Waals surface area contributed by atoms with Crippen LogP contribution in [0.5, 0.6) is 0 Å². The Bertz CT molecular complexity index is 303. The van der Waals surface area contributed by atoms with Gasteiger partial charge in [-0.1, -0.05) is 0 Å². The van der Waals surface area contributed by atoms with Crippen molar-refractivity contribution in [2.45, 2.75) is 37.8 Å². The Morgan fingerprint density at radius 2 is 2.00 bits per heavy atom. The monoisotopic (exact) mass is 243 g/mol. The lowest BCUT2D eigenvalue weighted by molar-refractivity contribution is 0.130. The average molecular weight is 244 g/mol. The van der Waals surface area contributed by atoms with Crippen molar-refractivity contribution in [1.82, 2.24) is 15.3 Å². The Kier molecular flexibility index (Phi) is 5.12. The fourth-order valence-corrected chi connectivity index (χ4v) is 2.04. The van der Waals surface area contributed by atoms with Gasteiger partial charge >= 0.3 is 0 Å². The number of nitrogens with zero attached hydrogens (tertiary/aromatic N) is 2. The van der Waals surface area contributed by atoms with E-state index in [0.717, 1.165) is 18.5 Å². The van der Waals surface area contributed by atoms with Crippen molar-refractivity contribution in [1.29, 1.82) is 0 Å². The first-order chi connectivity index (χ1) is 7.35. The van der Waals surface area contributed by atoms with Gasteiger partial charge in [-0.3, -0.25) is 0 Å². The first-order valence-electron chi connectivity index (χ1n) is 5.44. The van der Waals surface area contributed by atoms with E-state index in [-0.39, 0.29) is 24.6 Å². The van der Waals surface area contributed by atoms with Gasteiger partial charge in [-0.15, -0.1) is 12.4 Å². The summed E-state index contributed by atoms with van der Waals surface area (Å²) in [6.45, 7) is 1.05. The molecule has 1 aliphatic rings. The highest BCUT2D eigenvalue weighted by atomic mass is 35.5. The molecule has 0 aromatic carbocycles. The first kappa shape index (κ1) is 13.4. The van der Waals surface area contributed by atoms with E-state index in [1.165, 1.54) is 25.6 Å². The van der Waals surface area contributed by atoms with E-state index < -0.39 is 0 Å². The van der Waals surface area contributed by atoms with Crippen molar-refractivity contribution in [3.8, 4) is 0 Å². The third-order valence-electron chi connectivity index (χ3n) is 3.18. The Hall–Kier alpha value is -0.710. The maximum absolute atomic E-state index is 9.00. The van der Waals surface area contributed by atoms with Gasteiger partial charge in [0.15, 0.2) is 0 Å². The van der Waals surface area contributed by atoms with E-state index in [1.54, 1.807) is 0 Å². The molecule has 2 N–H and O–H groups in total. The molecule has 0 aliphatic heterocycles. The van der Waals surface area contributed by atoms with E-state index >= 15 is 0 Å². The Morgan fingerprint density at radius 3 is 2.50 bits per heavy atom. The van der Waals surface area contributed by atoms with Crippen LogP contribution < -0.4 is 5.32 Å². The molecule has 0 spiro atoms. The molecule has 0 saturated heterocycles. The lowest BCUT2D eigenvalue weighted by Crippen LogP contribution is -2.51. The van der Waals surface area contributed by atoms with Crippen molar-refractivity contribution in [2.24, 2.45) is 0 Å². The highest BCUT2D eigenvalue weighted by Gasteiger charge is 2.35. The second-order valence-corrected chi connectivity index (χ2v) is 4.21. The van der Waals surface area contributed by atoms with Crippen molar-refractivity contribution in [3.05, 3.63) is 24.3 Å². The van der Waals surface area contributed by atoms with Crippen molar-refractivity contribution >= 4 is 12.4 Å². The van der Waals surface area contributed by atoms with Gasteiger partial charge in [0.1, 0.15) is 6.33 Å². The van der Waals surface area contributed by atoms with Crippen LogP contribution in [0.4, 0.5) is 0 Å². The second-order valence-electron chi connectivity index (χ2n) is 4.21. The number of rotatable bonds is 5. The van der Waals surface area contributed by atoms with E-state index in [4.69, 9.17) is 5.11 Å². The van der Waals surface area contributed by atoms with Crippen molar-refractivity contribution < 1.29 is 5.11 Å². The first-order valence-corrected chi connectivity index (χ1v) is 5.44. The summed E-state index contributed by atoms with van der Waals surface area (Å²) in [5.41, 5.74) is 1.27. The molecule has 0 radical (unpaired) electrons. The number of hydrogen-bond donors (Lipinski definition) is 2. The van der Waals surface area contributed by atoms with Gasteiger partial charge in [-0.05, 0) is 25.7 Å². The average Bonchev–Trinajstić information content (AvgIpc) is 2.23. The quantitative estimate of drug-likeness (QED) is 0.819. The van der Waals surface area contributed by atoms with Crippen LogP contribution in [-0.2, 0) is 6.54 Å². The maximum Gasteiger partial charge on any atom is 0.115 e. The van der Waals surface area contributed by atoms with Gasteiger partial charge in [0.05, 0.1) is 0 Å². The van der Waals surface area contributed by atoms with E-state index in [1.807, 2.05) is 12.4 Å². The fraction of sp³-hybridized carbons (Fsp3) is 0.636. The number of halogens is 1. The molecule has 90 valence electrons. The van der Waals surface area contributed by atoms with Crippen molar-refractivity contribution in [2.75, 3.05) is 6.61 Å². The van der Waals surface area contributed by atoms with Crippen molar-refractivity contribution in [3.63, 3.8) is 0 Å². The zero-order chi connectivity index (χ0) is 10.6. The summed E-state index contributed by atoms with van der Waals surface area (Å²) >= 11 is 0. The van der Waals surface area contributed by atoms with Gasteiger partial charge in [0, 0.05) is 36.6 Å². The molecule has 1 aliphatic carbocycles. The molecular formula is C11H18ClN3O.